The second-order valence-electron chi connectivity index (χ2n) is 5.31. The quantitative estimate of drug-likeness (QED) is 0.755. The van der Waals surface area contributed by atoms with E-state index in [1.807, 2.05) is 25.2 Å². The Morgan fingerprint density at radius 3 is 2.70 bits per heavy atom. The Bertz CT molecular complexity index is 948. The van der Waals surface area contributed by atoms with Crippen LogP contribution in [-0.2, 0) is 16.3 Å². The van der Waals surface area contributed by atoms with Crippen LogP contribution in [0.5, 0.6) is 0 Å². The maximum absolute atomic E-state index is 13.4. The molecule has 120 valence electrons. The van der Waals surface area contributed by atoms with Crippen molar-refractivity contribution in [3.63, 3.8) is 0 Å². The molecule has 0 unspecified atom stereocenters. The molecule has 0 radical (unpaired) electrons. The number of aromatic nitrogens is 1. The molecular formula is C17H17FN2O2S. The first-order chi connectivity index (χ1) is 11.0. The molecule has 1 heterocycles. The SMILES string of the molecule is CNCCc1cccc2[nH]cc(S(=O)(=O)c3cccc(F)c3)c12. The van der Waals surface area contributed by atoms with Crippen LogP contribution in [0, 0.1) is 5.82 Å². The molecule has 4 nitrogen and oxygen atoms in total. The van der Waals surface area contributed by atoms with E-state index >= 15 is 0 Å². The molecule has 0 spiro atoms. The van der Waals surface area contributed by atoms with Crippen LogP contribution < -0.4 is 5.32 Å². The van der Waals surface area contributed by atoms with Crippen molar-refractivity contribution < 1.29 is 12.8 Å². The highest BCUT2D eigenvalue weighted by Crippen LogP contribution is 2.31. The van der Waals surface area contributed by atoms with Crippen molar-refractivity contribution in [2.45, 2.75) is 16.2 Å². The summed E-state index contributed by atoms with van der Waals surface area (Å²) in [6, 6.07) is 10.7. The first kappa shape index (κ1) is 15.7. The van der Waals surface area contributed by atoms with Gasteiger partial charge in [-0.05, 0) is 49.8 Å². The second kappa shape index (κ2) is 6.14. The van der Waals surface area contributed by atoms with E-state index in [-0.39, 0.29) is 9.79 Å². The molecule has 0 saturated carbocycles. The third-order valence-electron chi connectivity index (χ3n) is 3.80. The Kier molecular flexibility index (Phi) is 4.19. The van der Waals surface area contributed by atoms with E-state index in [2.05, 4.69) is 10.3 Å². The third-order valence-corrected chi connectivity index (χ3v) is 5.57. The molecule has 0 saturated heterocycles. The van der Waals surface area contributed by atoms with Gasteiger partial charge in [-0.25, -0.2) is 12.8 Å². The molecule has 23 heavy (non-hydrogen) atoms. The Hall–Kier alpha value is -2.18. The van der Waals surface area contributed by atoms with Crippen molar-refractivity contribution >= 4 is 20.7 Å². The van der Waals surface area contributed by atoms with Crippen molar-refractivity contribution in [2.75, 3.05) is 13.6 Å². The van der Waals surface area contributed by atoms with E-state index in [4.69, 9.17) is 0 Å². The Morgan fingerprint density at radius 1 is 1.17 bits per heavy atom. The lowest BCUT2D eigenvalue weighted by atomic mass is 10.1. The fourth-order valence-corrected chi connectivity index (χ4v) is 4.17. The van der Waals surface area contributed by atoms with Crippen molar-refractivity contribution in [2.24, 2.45) is 0 Å². The van der Waals surface area contributed by atoms with Crippen LogP contribution in [-0.4, -0.2) is 27.0 Å². The minimum atomic E-state index is -3.78. The molecule has 6 heteroatoms. The van der Waals surface area contributed by atoms with Gasteiger partial charge in [-0.2, -0.15) is 0 Å². The lowest BCUT2D eigenvalue weighted by Gasteiger charge is -2.07. The molecule has 1 aromatic heterocycles. The van der Waals surface area contributed by atoms with Crippen LogP contribution in [0.4, 0.5) is 4.39 Å². The molecule has 0 aliphatic carbocycles. The Labute approximate surface area is 134 Å². The van der Waals surface area contributed by atoms with Crippen LogP contribution in [0.15, 0.2) is 58.5 Å². The van der Waals surface area contributed by atoms with Gasteiger partial charge in [0.15, 0.2) is 0 Å². The molecule has 0 atom stereocenters. The van der Waals surface area contributed by atoms with Gasteiger partial charge in [-0.1, -0.05) is 18.2 Å². The lowest BCUT2D eigenvalue weighted by molar-refractivity contribution is 0.591. The fourth-order valence-electron chi connectivity index (χ4n) is 2.67. The highest BCUT2D eigenvalue weighted by atomic mass is 32.2. The summed E-state index contributed by atoms with van der Waals surface area (Å²) in [4.78, 5) is 3.15. The molecular weight excluding hydrogens is 315 g/mol. The summed E-state index contributed by atoms with van der Waals surface area (Å²) in [7, 11) is -1.94. The third kappa shape index (κ3) is 2.87. The van der Waals surface area contributed by atoms with Gasteiger partial charge in [-0.15, -0.1) is 0 Å². The molecule has 0 aliphatic rings. The number of nitrogens with one attached hydrogen (secondary N) is 2. The zero-order valence-corrected chi connectivity index (χ0v) is 13.5. The van der Waals surface area contributed by atoms with Crippen molar-refractivity contribution in [1.29, 1.82) is 0 Å². The van der Waals surface area contributed by atoms with Crippen molar-refractivity contribution in [3.8, 4) is 0 Å². The lowest BCUT2D eigenvalue weighted by Crippen LogP contribution is -2.11. The molecule has 3 rings (SSSR count). The maximum atomic E-state index is 13.4. The number of hydrogen-bond donors (Lipinski definition) is 2. The number of sulfone groups is 1. The molecule has 0 amide bonds. The van der Waals surface area contributed by atoms with Crippen LogP contribution >= 0.6 is 0 Å². The number of halogens is 1. The van der Waals surface area contributed by atoms with Crippen LogP contribution in [0.3, 0.4) is 0 Å². The second-order valence-corrected chi connectivity index (χ2v) is 7.23. The van der Waals surface area contributed by atoms with Gasteiger partial charge in [-0.3, -0.25) is 0 Å². The monoisotopic (exact) mass is 332 g/mol. The van der Waals surface area contributed by atoms with Gasteiger partial charge in [0, 0.05) is 17.1 Å². The average Bonchev–Trinajstić information content (AvgIpc) is 2.98. The zero-order chi connectivity index (χ0) is 16.4. The first-order valence-corrected chi connectivity index (χ1v) is 8.76. The number of likely N-dealkylation sites (N-methyl/N-ethyl adjacent to an activating group) is 1. The van der Waals surface area contributed by atoms with E-state index in [1.54, 1.807) is 0 Å². The number of H-pyrrole nitrogens is 1. The number of aromatic amines is 1. The molecule has 0 aliphatic heterocycles. The molecule has 2 N–H and O–H groups in total. The maximum Gasteiger partial charge on any atom is 0.208 e. The van der Waals surface area contributed by atoms with Crippen LogP contribution in [0.1, 0.15) is 5.56 Å². The van der Waals surface area contributed by atoms with Gasteiger partial charge >= 0.3 is 0 Å². The van der Waals surface area contributed by atoms with Gasteiger partial charge in [0.25, 0.3) is 0 Å². The molecule has 0 fully saturated rings. The topological polar surface area (TPSA) is 62.0 Å². The number of benzene rings is 2. The summed E-state index contributed by atoms with van der Waals surface area (Å²) < 4.78 is 39.2. The normalized spacial score (nSPS) is 11.9. The van der Waals surface area contributed by atoms with E-state index < -0.39 is 15.7 Å². The van der Waals surface area contributed by atoms with Gasteiger partial charge in [0.2, 0.25) is 9.84 Å². The minimum absolute atomic E-state index is 0.0400. The van der Waals surface area contributed by atoms with E-state index in [0.717, 1.165) is 23.7 Å². The first-order valence-electron chi connectivity index (χ1n) is 7.28. The van der Waals surface area contributed by atoms with Gasteiger partial charge in [0.05, 0.1) is 9.79 Å². The predicted molar refractivity (Wildman–Crippen MR) is 87.8 cm³/mol. The zero-order valence-electron chi connectivity index (χ0n) is 12.6. The smallest absolute Gasteiger partial charge is 0.208 e. The van der Waals surface area contributed by atoms with E-state index in [1.165, 1.54) is 24.4 Å². The standard InChI is InChI=1S/C17H17FN2O2S/c1-19-9-8-12-4-2-7-15-17(12)16(11-20-15)23(21,22)14-6-3-5-13(18)10-14/h2-7,10-11,19-20H,8-9H2,1H3. The van der Waals surface area contributed by atoms with Crippen molar-refractivity contribution in [1.82, 2.24) is 10.3 Å². The van der Waals surface area contributed by atoms with Gasteiger partial charge < -0.3 is 10.3 Å². The fraction of sp³-hybridized carbons (Fsp3) is 0.176. The highest BCUT2D eigenvalue weighted by molar-refractivity contribution is 7.91. The van der Waals surface area contributed by atoms with Crippen molar-refractivity contribution in [3.05, 3.63) is 60.0 Å². The highest BCUT2D eigenvalue weighted by Gasteiger charge is 2.23. The summed E-state index contributed by atoms with van der Waals surface area (Å²) in [6.45, 7) is 0.740. The molecule has 3 aromatic rings. The Balaban J connectivity index is 2.20. The summed E-state index contributed by atoms with van der Waals surface area (Å²) in [6.07, 6.45) is 2.19. The summed E-state index contributed by atoms with van der Waals surface area (Å²) in [5.41, 5.74) is 1.70. The predicted octanol–water partition coefficient (Wildman–Crippen LogP) is 2.90. The number of fused-ring (bicyclic) bond motifs is 1. The van der Waals surface area contributed by atoms with E-state index in [9.17, 15) is 12.8 Å². The Morgan fingerprint density at radius 2 is 1.96 bits per heavy atom. The summed E-state index contributed by atoms with van der Waals surface area (Å²) in [5.74, 6) is -0.568. The summed E-state index contributed by atoms with van der Waals surface area (Å²) in [5, 5.41) is 3.73. The minimum Gasteiger partial charge on any atom is -0.360 e. The molecule has 2 aromatic carbocycles. The largest absolute Gasteiger partial charge is 0.360 e. The molecule has 0 bridgehead atoms. The average molecular weight is 332 g/mol. The van der Waals surface area contributed by atoms with Gasteiger partial charge in [0.1, 0.15) is 5.82 Å². The van der Waals surface area contributed by atoms with Crippen LogP contribution in [0.25, 0.3) is 10.9 Å². The van der Waals surface area contributed by atoms with E-state index in [0.29, 0.717) is 11.8 Å². The number of hydrogen-bond acceptors (Lipinski definition) is 3. The van der Waals surface area contributed by atoms with Crippen LogP contribution in [0.2, 0.25) is 0 Å². The number of rotatable bonds is 5. The summed E-state index contributed by atoms with van der Waals surface area (Å²) >= 11 is 0.